The molecule has 0 aliphatic heterocycles. The van der Waals surface area contributed by atoms with Crippen LogP contribution in [0, 0.1) is 5.41 Å². The number of aliphatic hydroxyl groups excluding tert-OH is 1. The molecule has 0 radical (unpaired) electrons. The number of hydrazine groups is 1. The van der Waals surface area contributed by atoms with Crippen molar-refractivity contribution in [2.45, 2.75) is 52.5 Å². The molecular weight excluding hydrogens is 496 g/mol. The van der Waals surface area contributed by atoms with E-state index in [-0.39, 0.29) is 24.2 Å². The molecule has 1 unspecified atom stereocenters. The molecule has 0 aromatic heterocycles. The minimum atomic E-state index is -2.82. The van der Waals surface area contributed by atoms with Crippen molar-refractivity contribution in [3.63, 3.8) is 0 Å². The Morgan fingerprint density at radius 3 is 2.50 bits per heavy atom. The normalized spacial score (nSPS) is 15.7. The quantitative estimate of drug-likeness (QED) is 0.341. The van der Waals surface area contributed by atoms with Crippen molar-refractivity contribution in [2.75, 3.05) is 38.4 Å². The van der Waals surface area contributed by atoms with Gasteiger partial charge >= 0.3 is 6.09 Å². The average molecular weight is 537 g/mol. The molecule has 0 heterocycles. The predicted molar refractivity (Wildman–Crippen MR) is 133 cm³/mol. The van der Waals surface area contributed by atoms with Gasteiger partial charge in [0.25, 0.3) is 5.91 Å². The molecule has 0 fully saturated rings. The third-order valence-electron chi connectivity index (χ3n) is 4.18. The highest BCUT2D eigenvalue weighted by Gasteiger charge is 2.38. The van der Waals surface area contributed by atoms with Gasteiger partial charge < -0.3 is 14.6 Å². The van der Waals surface area contributed by atoms with Crippen molar-refractivity contribution in [2.24, 2.45) is 5.41 Å². The van der Waals surface area contributed by atoms with Crippen LogP contribution in [-0.2, 0) is 19.7 Å². The summed E-state index contributed by atoms with van der Waals surface area (Å²) in [5, 5.41) is 9.85. The topological polar surface area (TPSA) is 88.1 Å². The summed E-state index contributed by atoms with van der Waals surface area (Å²) in [5.41, 5.74) is -0.636. The van der Waals surface area contributed by atoms with Gasteiger partial charge in [-0.3, -0.25) is 10.2 Å². The standard InChI is InChI=1S/C23H37BrN2O5S/c1-21(2,3)31-20(29)26(7)25-19(28)23(6,17-9-8-10-18(24)13-17)15-30-14-22(4,5)16-32-12-11-27/h8-10,13,27H,11-12,14-16H2,1-7H3,(H,25,28)/i6D3. The maximum Gasteiger partial charge on any atom is 0.428 e. The van der Waals surface area contributed by atoms with Gasteiger partial charge in [-0.15, -0.1) is 0 Å². The number of hydrogen-bond donors (Lipinski definition) is 2. The Hall–Kier alpha value is -1.29. The number of benzene rings is 1. The minimum Gasteiger partial charge on any atom is -0.442 e. The van der Waals surface area contributed by atoms with Crippen molar-refractivity contribution in [3.8, 4) is 0 Å². The highest BCUT2D eigenvalue weighted by Crippen LogP contribution is 2.29. The zero-order valence-electron chi connectivity index (χ0n) is 22.7. The molecule has 1 rings (SSSR count). The first kappa shape index (κ1) is 23.9. The van der Waals surface area contributed by atoms with Gasteiger partial charge in [-0.1, -0.05) is 41.9 Å². The zero-order valence-corrected chi connectivity index (χ0v) is 22.1. The van der Waals surface area contributed by atoms with E-state index in [1.54, 1.807) is 56.8 Å². The van der Waals surface area contributed by atoms with E-state index in [0.717, 1.165) is 5.01 Å². The summed E-state index contributed by atoms with van der Waals surface area (Å²) in [6.45, 7) is 5.97. The lowest BCUT2D eigenvalue weighted by atomic mass is 9.82. The van der Waals surface area contributed by atoms with E-state index in [4.69, 9.17) is 18.7 Å². The SMILES string of the molecule is [2H]C([2H])([2H])C(COCC(C)(C)CSCCO)(C(=O)NN(C)C(=O)OC(C)(C)C)c1cccc(Br)c1. The Bertz CT molecular complexity index is 864. The first-order valence-corrected chi connectivity index (χ1v) is 12.2. The molecule has 0 saturated heterocycles. The fourth-order valence-electron chi connectivity index (χ4n) is 2.59. The van der Waals surface area contributed by atoms with Crippen LogP contribution in [0.15, 0.2) is 28.7 Å². The summed E-state index contributed by atoms with van der Waals surface area (Å²) >= 11 is 4.91. The van der Waals surface area contributed by atoms with Gasteiger partial charge in [0, 0.05) is 27.1 Å². The number of rotatable bonds is 10. The smallest absolute Gasteiger partial charge is 0.428 e. The third kappa shape index (κ3) is 9.68. The van der Waals surface area contributed by atoms with Crippen molar-refractivity contribution >= 4 is 39.7 Å². The van der Waals surface area contributed by atoms with Crippen molar-refractivity contribution in [3.05, 3.63) is 34.3 Å². The average Bonchev–Trinajstić information content (AvgIpc) is 2.68. The molecular formula is C23H37BrN2O5S. The molecule has 0 saturated carbocycles. The summed E-state index contributed by atoms with van der Waals surface area (Å²) in [4.78, 5) is 26.0. The van der Waals surface area contributed by atoms with E-state index in [1.807, 2.05) is 13.8 Å². The van der Waals surface area contributed by atoms with Crippen LogP contribution >= 0.6 is 27.7 Å². The molecule has 1 aromatic rings. The third-order valence-corrected chi connectivity index (χ3v) is 6.13. The molecule has 182 valence electrons. The van der Waals surface area contributed by atoms with Gasteiger partial charge in [-0.25, -0.2) is 9.80 Å². The number of thioether (sulfide) groups is 1. The highest BCUT2D eigenvalue weighted by atomic mass is 79.9. The fraction of sp³-hybridized carbons (Fsp3) is 0.652. The predicted octanol–water partition coefficient (Wildman–Crippen LogP) is 4.37. The second-order valence-electron chi connectivity index (χ2n) is 9.33. The van der Waals surface area contributed by atoms with Crippen LogP contribution in [0.5, 0.6) is 0 Å². The molecule has 2 amide bonds. The summed E-state index contributed by atoms with van der Waals surface area (Å²) in [5.74, 6) is 0.343. The second kappa shape index (κ2) is 12.3. The summed E-state index contributed by atoms with van der Waals surface area (Å²) in [6.07, 6.45) is -0.831. The van der Waals surface area contributed by atoms with Crippen molar-refractivity contribution in [1.29, 1.82) is 0 Å². The molecule has 7 nitrogen and oxygen atoms in total. The van der Waals surface area contributed by atoms with E-state index < -0.39 is 36.5 Å². The van der Waals surface area contributed by atoms with Gasteiger partial charge in [-0.05, 0) is 50.7 Å². The lowest BCUT2D eigenvalue weighted by Crippen LogP contribution is -2.53. The summed E-state index contributed by atoms with van der Waals surface area (Å²) in [6, 6.07) is 6.47. The molecule has 0 aliphatic rings. The van der Waals surface area contributed by atoms with Gasteiger partial charge in [0.15, 0.2) is 0 Å². The van der Waals surface area contributed by atoms with Crippen LogP contribution in [0.4, 0.5) is 4.79 Å². The molecule has 0 spiro atoms. The van der Waals surface area contributed by atoms with Gasteiger partial charge in [0.2, 0.25) is 0 Å². The number of aliphatic hydroxyl groups is 1. The van der Waals surface area contributed by atoms with E-state index in [2.05, 4.69) is 21.4 Å². The number of nitrogens with one attached hydrogen (secondary N) is 1. The van der Waals surface area contributed by atoms with Gasteiger partial charge in [-0.2, -0.15) is 11.8 Å². The van der Waals surface area contributed by atoms with Crippen LogP contribution < -0.4 is 5.43 Å². The first-order chi connectivity index (χ1) is 15.9. The Kier molecular flexibility index (Phi) is 9.13. The number of amides is 2. The van der Waals surface area contributed by atoms with Gasteiger partial charge in [0.1, 0.15) is 5.60 Å². The largest absolute Gasteiger partial charge is 0.442 e. The van der Waals surface area contributed by atoms with E-state index in [0.29, 0.717) is 16.0 Å². The van der Waals surface area contributed by atoms with Crippen molar-refractivity contribution < 1.29 is 28.3 Å². The van der Waals surface area contributed by atoms with Crippen LogP contribution in [-0.4, -0.2) is 66.1 Å². The lowest BCUT2D eigenvalue weighted by Gasteiger charge is -2.33. The van der Waals surface area contributed by atoms with E-state index in [9.17, 15) is 9.59 Å². The molecule has 9 heteroatoms. The molecule has 32 heavy (non-hydrogen) atoms. The van der Waals surface area contributed by atoms with Gasteiger partial charge in [0.05, 0.1) is 25.2 Å². The number of hydrogen-bond acceptors (Lipinski definition) is 6. The Morgan fingerprint density at radius 1 is 1.25 bits per heavy atom. The molecule has 1 aromatic carbocycles. The first-order valence-electron chi connectivity index (χ1n) is 11.8. The van der Waals surface area contributed by atoms with Crippen LogP contribution in [0.1, 0.15) is 51.1 Å². The number of nitrogens with zero attached hydrogens (tertiary/aromatic N) is 1. The number of carbonyl (C=O) groups excluding carboxylic acids is 2. The number of carbonyl (C=O) groups is 2. The van der Waals surface area contributed by atoms with E-state index in [1.165, 1.54) is 7.05 Å². The molecule has 0 bridgehead atoms. The Morgan fingerprint density at radius 2 is 1.94 bits per heavy atom. The zero-order chi connectivity index (χ0) is 27.1. The molecule has 0 aliphatic carbocycles. The molecule has 2 N–H and O–H groups in total. The number of halogens is 1. The van der Waals surface area contributed by atoms with Crippen LogP contribution in [0.3, 0.4) is 0 Å². The monoisotopic (exact) mass is 535 g/mol. The van der Waals surface area contributed by atoms with Crippen LogP contribution in [0.2, 0.25) is 0 Å². The fourth-order valence-corrected chi connectivity index (χ4v) is 3.90. The van der Waals surface area contributed by atoms with E-state index >= 15 is 0 Å². The van der Waals surface area contributed by atoms with Crippen LogP contribution in [0.25, 0.3) is 0 Å². The number of ether oxygens (including phenoxy) is 2. The lowest BCUT2D eigenvalue weighted by molar-refractivity contribution is -0.133. The second-order valence-corrected chi connectivity index (χ2v) is 11.4. The Balaban J connectivity index is 3.30. The maximum atomic E-state index is 13.6. The molecule has 1 atom stereocenters. The maximum absolute atomic E-state index is 13.6. The summed E-state index contributed by atoms with van der Waals surface area (Å²) < 4.78 is 36.8. The summed E-state index contributed by atoms with van der Waals surface area (Å²) in [7, 11) is 1.29. The Labute approximate surface area is 208 Å². The highest BCUT2D eigenvalue weighted by molar-refractivity contribution is 9.10. The minimum absolute atomic E-state index is 0.0674. The van der Waals surface area contributed by atoms with Crippen molar-refractivity contribution in [1.82, 2.24) is 10.4 Å².